The third-order valence-corrected chi connectivity index (χ3v) is 3.81. The van der Waals surface area contributed by atoms with Gasteiger partial charge in [0.1, 0.15) is 15.5 Å². The van der Waals surface area contributed by atoms with E-state index in [2.05, 4.69) is 15.4 Å². The van der Waals surface area contributed by atoms with Crippen LogP contribution in [0.25, 0.3) is 21.7 Å². The molecule has 0 bridgehead atoms. The highest BCUT2D eigenvalue weighted by atomic mass is 32.1. The van der Waals surface area contributed by atoms with Gasteiger partial charge in [-0.3, -0.25) is 0 Å². The van der Waals surface area contributed by atoms with Gasteiger partial charge in [0.2, 0.25) is 0 Å². The van der Waals surface area contributed by atoms with Crippen LogP contribution in [-0.2, 0) is 0 Å². The van der Waals surface area contributed by atoms with Crippen molar-refractivity contribution in [3.05, 3.63) is 29.8 Å². The molecule has 0 aliphatic rings. The number of aromatic nitrogens is 2. The van der Waals surface area contributed by atoms with Crippen molar-refractivity contribution < 1.29 is 4.42 Å². The number of nitrogens with zero attached hydrogens (tertiary/aromatic N) is 2. The molecule has 0 saturated heterocycles. The fraction of sp³-hybridized carbons (Fsp3) is 0.167. The summed E-state index contributed by atoms with van der Waals surface area (Å²) in [5.41, 5.74) is 6.19. The predicted octanol–water partition coefficient (Wildman–Crippen LogP) is 2.85. The second-order valence-electron chi connectivity index (χ2n) is 3.99. The molecule has 3 aromatic rings. The minimum Gasteiger partial charge on any atom is -0.441 e. The SMILES string of the molecule is Cc1nc2ccc(-c3nc(C)c(NN)s3)cc2o1. The van der Waals surface area contributed by atoms with Crippen molar-refractivity contribution in [3.8, 4) is 10.6 Å². The van der Waals surface area contributed by atoms with Crippen molar-refractivity contribution in [3.63, 3.8) is 0 Å². The summed E-state index contributed by atoms with van der Waals surface area (Å²) in [4.78, 5) is 8.75. The molecule has 0 amide bonds. The molecule has 18 heavy (non-hydrogen) atoms. The third kappa shape index (κ3) is 1.75. The van der Waals surface area contributed by atoms with Crippen LogP contribution in [0, 0.1) is 13.8 Å². The predicted molar refractivity (Wildman–Crippen MR) is 72.4 cm³/mol. The molecule has 0 saturated carbocycles. The molecule has 3 rings (SSSR count). The largest absolute Gasteiger partial charge is 0.441 e. The van der Waals surface area contributed by atoms with Gasteiger partial charge < -0.3 is 9.84 Å². The Bertz CT molecular complexity index is 716. The number of hydrogen-bond donors (Lipinski definition) is 2. The lowest BCUT2D eigenvalue weighted by molar-refractivity contribution is 0.561. The second kappa shape index (κ2) is 4.08. The molecule has 0 aliphatic heterocycles. The van der Waals surface area contributed by atoms with E-state index < -0.39 is 0 Å². The molecule has 0 unspecified atom stereocenters. The average Bonchev–Trinajstić information content (AvgIpc) is 2.89. The summed E-state index contributed by atoms with van der Waals surface area (Å²) in [6, 6.07) is 5.88. The van der Waals surface area contributed by atoms with Crippen LogP contribution in [0.1, 0.15) is 11.6 Å². The highest BCUT2D eigenvalue weighted by Gasteiger charge is 2.10. The Hall–Kier alpha value is -1.92. The van der Waals surface area contributed by atoms with Gasteiger partial charge in [-0.2, -0.15) is 0 Å². The van der Waals surface area contributed by atoms with Crippen molar-refractivity contribution in [1.82, 2.24) is 9.97 Å². The molecule has 92 valence electrons. The van der Waals surface area contributed by atoms with E-state index in [-0.39, 0.29) is 0 Å². The first-order valence-corrected chi connectivity index (χ1v) is 6.30. The maximum atomic E-state index is 5.52. The van der Waals surface area contributed by atoms with Gasteiger partial charge >= 0.3 is 0 Å². The van der Waals surface area contributed by atoms with Gasteiger partial charge in [-0.25, -0.2) is 15.8 Å². The van der Waals surface area contributed by atoms with Crippen molar-refractivity contribution in [2.24, 2.45) is 5.84 Å². The van der Waals surface area contributed by atoms with Crippen molar-refractivity contribution in [2.45, 2.75) is 13.8 Å². The lowest BCUT2D eigenvalue weighted by atomic mass is 10.2. The number of anilines is 1. The first-order chi connectivity index (χ1) is 8.67. The number of benzene rings is 1. The Morgan fingerprint density at radius 2 is 2.11 bits per heavy atom. The number of fused-ring (bicyclic) bond motifs is 1. The van der Waals surface area contributed by atoms with Crippen molar-refractivity contribution in [1.29, 1.82) is 0 Å². The van der Waals surface area contributed by atoms with E-state index >= 15 is 0 Å². The summed E-state index contributed by atoms with van der Waals surface area (Å²) in [5, 5.41) is 1.79. The lowest BCUT2D eigenvalue weighted by Gasteiger charge is -1.94. The molecule has 0 fully saturated rings. The maximum Gasteiger partial charge on any atom is 0.192 e. The van der Waals surface area contributed by atoms with Crippen LogP contribution in [0.5, 0.6) is 0 Å². The van der Waals surface area contributed by atoms with Crippen molar-refractivity contribution in [2.75, 3.05) is 5.43 Å². The van der Waals surface area contributed by atoms with E-state index in [0.717, 1.165) is 32.4 Å². The molecule has 6 heteroatoms. The van der Waals surface area contributed by atoms with E-state index in [1.165, 1.54) is 11.3 Å². The summed E-state index contributed by atoms with van der Waals surface area (Å²) in [5.74, 6) is 6.10. The molecule has 0 radical (unpaired) electrons. The normalized spacial score (nSPS) is 11.1. The number of hydrazine groups is 1. The highest BCUT2D eigenvalue weighted by molar-refractivity contribution is 7.19. The number of oxazole rings is 1. The zero-order chi connectivity index (χ0) is 12.7. The zero-order valence-electron chi connectivity index (χ0n) is 10.0. The molecule has 1 aromatic carbocycles. The standard InChI is InChI=1S/C12H12N4OS/c1-6-11(16-13)18-12(14-6)8-3-4-9-10(5-8)17-7(2)15-9/h3-5,16H,13H2,1-2H3. The molecule has 0 atom stereocenters. The van der Waals surface area contributed by atoms with Gasteiger partial charge in [-0.05, 0) is 25.1 Å². The smallest absolute Gasteiger partial charge is 0.192 e. The minimum absolute atomic E-state index is 0.668. The van der Waals surface area contributed by atoms with Crippen LogP contribution in [0.2, 0.25) is 0 Å². The molecule has 2 aromatic heterocycles. The molecular weight excluding hydrogens is 248 g/mol. The monoisotopic (exact) mass is 260 g/mol. The summed E-state index contributed by atoms with van der Waals surface area (Å²) >= 11 is 1.52. The maximum absolute atomic E-state index is 5.52. The van der Waals surface area contributed by atoms with Gasteiger partial charge in [-0.1, -0.05) is 11.3 Å². The Morgan fingerprint density at radius 1 is 1.28 bits per heavy atom. The molecule has 0 aliphatic carbocycles. The van der Waals surface area contributed by atoms with Crippen LogP contribution < -0.4 is 11.3 Å². The molecule has 5 nitrogen and oxygen atoms in total. The van der Waals surface area contributed by atoms with E-state index in [9.17, 15) is 0 Å². The summed E-state index contributed by atoms with van der Waals surface area (Å²) in [7, 11) is 0. The Balaban J connectivity index is 2.12. The number of aryl methyl sites for hydroxylation is 2. The number of nitrogens with two attached hydrogens (primary N) is 1. The summed E-state index contributed by atoms with van der Waals surface area (Å²) in [6.07, 6.45) is 0. The quantitative estimate of drug-likeness (QED) is 0.547. The molecular formula is C12H12N4OS. The topological polar surface area (TPSA) is 77.0 Å². The van der Waals surface area contributed by atoms with Gasteiger partial charge in [-0.15, -0.1) is 0 Å². The second-order valence-corrected chi connectivity index (χ2v) is 4.99. The lowest BCUT2D eigenvalue weighted by Crippen LogP contribution is -2.05. The molecule has 0 spiro atoms. The Kier molecular flexibility index (Phi) is 2.53. The van der Waals surface area contributed by atoms with Crippen LogP contribution in [0.4, 0.5) is 5.00 Å². The van der Waals surface area contributed by atoms with Crippen LogP contribution in [-0.4, -0.2) is 9.97 Å². The van der Waals surface area contributed by atoms with Crippen LogP contribution in [0.15, 0.2) is 22.6 Å². The van der Waals surface area contributed by atoms with Gasteiger partial charge in [0.25, 0.3) is 0 Å². The number of nitrogen functional groups attached to an aromatic ring is 1. The number of hydrogen-bond acceptors (Lipinski definition) is 6. The fourth-order valence-corrected chi connectivity index (χ4v) is 2.70. The van der Waals surface area contributed by atoms with Gasteiger partial charge in [0.15, 0.2) is 11.5 Å². The summed E-state index contributed by atoms with van der Waals surface area (Å²) < 4.78 is 5.52. The first kappa shape index (κ1) is 11.2. The average molecular weight is 260 g/mol. The Morgan fingerprint density at radius 3 is 2.83 bits per heavy atom. The molecule has 2 heterocycles. The third-order valence-electron chi connectivity index (χ3n) is 2.67. The fourth-order valence-electron chi connectivity index (χ4n) is 1.83. The first-order valence-electron chi connectivity index (χ1n) is 5.49. The van der Waals surface area contributed by atoms with E-state index in [1.54, 1.807) is 0 Å². The number of thiazole rings is 1. The zero-order valence-corrected chi connectivity index (χ0v) is 10.8. The van der Waals surface area contributed by atoms with E-state index in [4.69, 9.17) is 10.3 Å². The summed E-state index contributed by atoms with van der Waals surface area (Å²) in [6.45, 7) is 3.76. The van der Waals surface area contributed by atoms with Gasteiger partial charge in [0, 0.05) is 12.5 Å². The number of nitrogens with one attached hydrogen (secondary N) is 1. The van der Waals surface area contributed by atoms with E-state index in [1.807, 2.05) is 32.0 Å². The Labute approximate surface area is 108 Å². The highest BCUT2D eigenvalue weighted by Crippen LogP contribution is 2.32. The van der Waals surface area contributed by atoms with E-state index in [0.29, 0.717) is 5.89 Å². The minimum atomic E-state index is 0.668. The number of rotatable bonds is 2. The van der Waals surface area contributed by atoms with Gasteiger partial charge in [0.05, 0.1) is 5.69 Å². The van der Waals surface area contributed by atoms with Crippen LogP contribution in [0.3, 0.4) is 0 Å². The van der Waals surface area contributed by atoms with Crippen LogP contribution >= 0.6 is 11.3 Å². The van der Waals surface area contributed by atoms with Crippen molar-refractivity contribution >= 4 is 27.4 Å². The molecule has 3 N–H and O–H groups in total.